The Labute approximate surface area is 155 Å². The van der Waals surface area contributed by atoms with E-state index in [9.17, 15) is 18.8 Å². The van der Waals surface area contributed by atoms with E-state index < -0.39 is 23.0 Å². The van der Waals surface area contributed by atoms with E-state index in [1.807, 2.05) is 0 Å². The Hall–Kier alpha value is -3.33. The van der Waals surface area contributed by atoms with Crippen molar-refractivity contribution in [3.8, 4) is 0 Å². The van der Waals surface area contributed by atoms with Gasteiger partial charge in [0.25, 0.3) is 5.56 Å². The number of halogens is 1. The molecular formula is C18H13FN4O3S. The third-order valence-electron chi connectivity index (χ3n) is 4.18. The van der Waals surface area contributed by atoms with Gasteiger partial charge in [0.15, 0.2) is 0 Å². The van der Waals surface area contributed by atoms with Crippen LogP contribution in [0.15, 0.2) is 52.2 Å². The van der Waals surface area contributed by atoms with E-state index in [4.69, 9.17) is 5.73 Å². The average Bonchev–Trinajstić information content (AvgIpc) is 3.03. The number of rotatable bonds is 4. The molecule has 4 rings (SSSR count). The zero-order valence-corrected chi connectivity index (χ0v) is 14.7. The Morgan fingerprint density at radius 2 is 1.89 bits per heavy atom. The predicted molar refractivity (Wildman–Crippen MR) is 100 cm³/mol. The summed E-state index contributed by atoms with van der Waals surface area (Å²) in [5, 5.41) is 0.613. The Morgan fingerprint density at radius 1 is 1.15 bits per heavy atom. The van der Waals surface area contributed by atoms with Crippen LogP contribution in [-0.2, 0) is 17.9 Å². The van der Waals surface area contributed by atoms with Crippen molar-refractivity contribution in [2.24, 2.45) is 5.73 Å². The third-order valence-corrected chi connectivity index (χ3v) is 5.27. The molecule has 3 aromatic heterocycles. The molecule has 0 aliphatic carbocycles. The molecule has 1 amide bonds. The molecule has 27 heavy (non-hydrogen) atoms. The van der Waals surface area contributed by atoms with Crippen molar-refractivity contribution in [2.75, 3.05) is 0 Å². The highest BCUT2D eigenvalue weighted by molar-refractivity contribution is 7.25. The highest BCUT2D eigenvalue weighted by Gasteiger charge is 2.19. The number of nitrogens with two attached hydrogens (primary N) is 1. The van der Waals surface area contributed by atoms with Gasteiger partial charge in [0.1, 0.15) is 21.9 Å². The van der Waals surface area contributed by atoms with Gasteiger partial charge in [0.2, 0.25) is 5.91 Å². The molecule has 2 N–H and O–H groups in total. The zero-order chi connectivity index (χ0) is 19.1. The van der Waals surface area contributed by atoms with E-state index in [1.165, 1.54) is 28.8 Å². The molecule has 0 aliphatic rings. The Balaban J connectivity index is 2.03. The molecule has 0 bridgehead atoms. The lowest BCUT2D eigenvalue weighted by Crippen LogP contribution is -2.41. The number of pyridine rings is 1. The Kier molecular flexibility index (Phi) is 4.08. The van der Waals surface area contributed by atoms with Gasteiger partial charge in [-0.05, 0) is 29.8 Å². The van der Waals surface area contributed by atoms with Gasteiger partial charge in [-0.3, -0.25) is 18.7 Å². The molecule has 0 atom stereocenters. The first-order valence-electron chi connectivity index (χ1n) is 7.99. The molecule has 7 nitrogen and oxygen atoms in total. The first kappa shape index (κ1) is 17.1. The highest BCUT2D eigenvalue weighted by atomic mass is 32.1. The predicted octanol–water partition coefficient (Wildman–Crippen LogP) is 1.45. The van der Waals surface area contributed by atoms with Crippen molar-refractivity contribution in [3.05, 3.63) is 74.8 Å². The van der Waals surface area contributed by atoms with E-state index in [0.29, 0.717) is 26.0 Å². The molecule has 3 heterocycles. The summed E-state index contributed by atoms with van der Waals surface area (Å²) in [6.45, 7) is -0.409. The normalized spacial score (nSPS) is 11.3. The van der Waals surface area contributed by atoms with Crippen molar-refractivity contribution >= 4 is 37.7 Å². The number of carbonyl (C=O) groups is 1. The van der Waals surface area contributed by atoms with Crippen LogP contribution in [0.5, 0.6) is 0 Å². The second kappa shape index (κ2) is 6.44. The van der Waals surface area contributed by atoms with Crippen LogP contribution in [0.3, 0.4) is 0 Å². The lowest BCUT2D eigenvalue weighted by atomic mass is 10.2. The van der Waals surface area contributed by atoms with Crippen LogP contribution >= 0.6 is 11.3 Å². The van der Waals surface area contributed by atoms with Crippen molar-refractivity contribution in [2.45, 2.75) is 13.1 Å². The minimum Gasteiger partial charge on any atom is -0.368 e. The summed E-state index contributed by atoms with van der Waals surface area (Å²) in [6, 6.07) is 8.93. The number of hydrogen-bond donors (Lipinski definition) is 1. The number of hydrogen-bond acceptors (Lipinski definition) is 5. The first-order chi connectivity index (χ1) is 13.0. The zero-order valence-electron chi connectivity index (χ0n) is 13.9. The maximum atomic E-state index is 13.1. The topological polar surface area (TPSA) is 100.0 Å². The van der Waals surface area contributed by atoms with Crippen LogP contribution in [-0.4, -0.2) is 20.0 Å². The molecule has 1 aromatic carbocycles. The van der Waals surface area contributed by atoms with Gasteiger partial charge in [-0.15, -0.1) is 11.3 Å². The summed E-state index contributed by atoms with van der Waals surface area (Å²) in [6.07, 6.45) is 1.59. The third kappa shape index (κ3) is 2.91. The molecule has 4 aromatic rings. The monoisotopic (exact) mass is 384 g/mol. The highest BCUT2D eigenvalue weighted by Crippen LogP contribution is 2.29. The van der Waals surface area contributed by atoms with Gasteiger partial charge in [0.05, 0.1) is 12.1 Å². The smallest absolute Gasteiger partial charge is 0.332 e. The minimum atomic E-state index is -0.700. The maximum Gasteiger partial charge on any atom is 0.332 e. The first-order valence-corrected chi connectivity index (χ1v) is 8.81. The summed E-state index contributed by atoms with van der Waals surface area (Å²) in [4.78, 5) is 42.3. The van der Waals surface area contributed by atoms with Crippen LogP contribution in [0, 0.1) is 5.82 Å². The fourth-order valence-corrected chi connectivity index (χ4v) is 4.09. The van der Waals surface area contributed by atoms with Crippen LogP contribution in [0.4, 0.5) is 4.39 Å². The van der Waals surface area contributed by atoms with Gasteiger partial charge in [-0.25, -0.2) is 14.2 Å². The fraction of sp³-hybridized carbons (Fsp3) is 0.111. The largest absolute Gasteiger partial charge is 0.368 e. The molecule has 0 unspecified atom stereocenters. The van der Waals surface area contributed by atoms with Gasteiger partial charge >= 0.3 is 5.69 Å². The molecule has 9 heteroatoms. The summed E-state index contributed by atoms with van der Waals surface area (Å²) < 4.78 is 15.7. The number of amides is 1. The van der Waals surface area contributed by atoms with E-state index in [2.05, 4.69) is 4.98 Å². The summed E-state index contributed by atoms with van der Waals surface area (Å²) in [5.74, 6) is -1.11. The van der Waals surface area contributed by atoms with Crippen molar-refractivity contribution in [1.29, 1.82) is 0 Å². The van der Waals surface area contributed by atoms with E-state index in [1.54, 1.807) is 18.3 Å². The standard InChI is InChI=1S/C18H13FN4O3S/c19-11-5-3-10(4-6-11)8-23-17(25)15-14(22(18(23)26)9-13(20)24)12-2-1-7-21-16(12)27-15/h1-7H,8-9H2,(H2,20,24). The lowest BCUT2D eigenvalue weighted by Gasteiger charge is -2.11. The SMILES string of the molecule is NC(=O)Cn1c(=O)n(Cc2ccc(F)cc2)c(=O)c2sc3ncccc3c21. The molecular weight excluding hydrogens is 371 g/mol. The Morgan fingerprint density at radius 3 is 2.59 bits per heavy atom. The number of aromatic nitrogens is 3. The number of primary amides is 1. The van der Waals surface area contributed by atoms with E-state index in [0.717, 1.165) is 15.9 Å². The second-order valence-electron chi connectivity index (χ2n) is 5.99. The quantitative estimate of drug-likeness (QED) is 0.575. The van der Waals surface area contributed by atoms with Crippen LogP contribution in [0.2, 0.25) is 0 Å². The van der Waals surface area contributed by atoms with Gasteiger partial charge < -0.3 is 5.73 Å². The molecule has 0 saturated heterocycles. The number of nitrogens with zero attached hydrogens (tertiary/aromatic N) is 3. The second-order valence-corrected chi connectivity index (χ2v) is 6.99. The minimum absolute atomic E-state index is 0.0473. The summed E-state index contributed by atoms with van der Waals surface area (Å²) >= 11 is 1.15. The molecule has 0 saturated carbocycles. The van der Waals surface area contributed by atoms with Crippen molar-refractivity contribution < 1.29 is 9.18 Å². The average molecular weight is 384 g/mol. The van der Waals surface area contributed by atoms with Crippen LogP contribution < -0.4 is 17.0 Å². The molecule has 0 fully saturated rings. The van der Waals surface area contributed by atoms with Gasteiger partial charge in [-0.2, -0.15) is 0 Å². The molecule has 0 aliphatic heterocycles. The molecule has 0 radical (unpaired) electrons. The van der Waals surface area contributed by atoms with Gasteiger partial charge in [0, 0.05) is 11.6 Å². The lowest BCUT2D eigenvalue weighted by molar-refractivity contribution is -0.118. The van der Waals surface area contributed by atoms with Crippen LogP contribution in [0.1, 0.15) is 5.56 Å². The number of carbonyl (C=O) groups excluding carboxylic acids is 1. The summed E-state index contributed by atoms with van der Waals surface area (Å²) in [7, 11) is 0. The van der Waals surface area contributed by atoms with Crippen molar-refractivity contribution in [3.63, 3.8) is 0 Å². The van der Waals surface area contributed by atoms with E-state index >= 15 is 0 Å². The number of fused-ring (bicyclic) bond motifs is 3. The summed E-state index contributed by atoms with van der Waals surface area (Å²) in [5.41, 5.74) is 5.11. The number of benzene rings is 1. The van der Waals surface area contributed by atoms with E-state index in [-0.39, 0.29) is 13.1 Å². The molecule has 0 spiro atoms. The maximum absolute atomic E-state index is 13.1. The fourth-order valence-electron chi connectivity index (χ4n) is 3.00. The van der Waals surface area contributed by atoms with Crippen LogP contribution in [0.25, 0.3) is 20.4 Å². The molecule has 136 valence electrons. The van der Waals surface area contributed by atoms with Crippen molar-refractivity contribution in [1.82, 2.24) is 14.1 Å². The number of thiophene rings is 1. The van der Waals surface area contributed by atoms with Gasteiger partial charge in [-0.1, -0.05) is 12.1 Å². The Bertz CT molecular complexity index is 1300.